The van der Waals surface area contributed by atoms with Crippen LogP contribution in [0.4, 0.5) is 4.79 Å². The number of aliphatic hydroxyl groups excluding tert-OH is 2. The van der Waals surface area contributed by atoms with E-state index < -0.39 is 30.4 Å². The topological polar surface area (TPSA) is 108 Å². The van der Waals surface area contributed by atoms with E-state index in [-0.39, 0.29) is 32.0 Å². The molecule has 0 unspecified atom stereocenters. The van der Waals surface area contributed by atoms with Gasteiger partial charge in [-0.15, -0.1) is 0 Å². The molecule has 0 bridgehead atoms. The van der Waals surface area contributed by atoms with Crippen LogP contribution in [-0.2, 0) is 27.1 Å². The average molecular weight is 573 g/mol. The van der Waals surface area contributed by atoms with Crippen LogP contribution in [0.3, 0.4) is 0 Å². The fourth-order valence-corrected chi connectivity index (χ4v) is 5.34. The number of alkyl carbamates (subject to hydrolysis) is 1. The second-order valence-electron chi connectivity index (χ2n) is 10.4. The van der Waals surface area contributed by atoms with Gasteiger partial charge in [0.05, 0.1) is 30.9 Å². The van der Waals surface area contributed by atoms with Gasteiger partial charge in [-0.25, -0.2) is 4.79 Å². The summed E-state index contributed by atoms with van der Waals surface area (Å²) in [6.45, 7) is 0.654. The maximum Gasteiger partial charge on any atom is 0.407 e. The second kappa shape index (κ2) is 15.9. The third-order valence-corrected chi connectivity index (χ3v) is 7.48. The molecule has 3 aromatic carbocycles. The van der Waals surface area contributed by atoms with Gasteiger partial charge in [-0.1, -0.05) is 97.1 Å². The van der Waals surface area contributed by atoms with Crippen LogP contribution in [0.25, 0.3) is 6.08 Å². The van der Waals surface area contributed by atoms with Crippen molar-refractivity contribution in [2.75, 3.05) is 26.9 Å². The maximum atomic E-state index is 13.8. The molecule has 0 spiro atoms. The summed E-state index contributed by atoms with van der Waals surface area (Å²) in [7, 11) is 1.52. The highest BCUT2D eigenvalue weighted by atomic mass is 16.6. The van der Waals surface area contributed by atoms with Crippen molar-refractivity contribution in [1.29, 1.82) is 0 Å². The van der Waals surface area contributed by atoms with Gasteiger partial charge in [0.1, 0.15) is 6.61 Å². The Hall–Kier alpha value is -3.98. The van der Waals surface area contributed by atoms with Crippen LogP contribution in [-0.4, -0.2) is 72.2 Å². The number of benzene rings is 3. The highest BCUT2D eigenvalue weighted by Crippen LogP contribution is 2.36. The first-order valence-corrected chi connectivity index (χ1v) is 14.4. The number of ether oxygens (including phenoxy) is 2. The summed E-state index contributed by atoms with van der Waals surface area (Å²) >= 11 is 0. The van der Waals surface area contributed by atoms with E-state index in [1.54, 1.807) is 4.90 Å². The van der Waals surface area contributed by atoms with Crippen molar-refractivity contribution in [2.45, 2.75) is 50.0 Å². The largest absolute Gasteiger partial charge is 0.447 e. The van der Waals surface area contributed by atoms with Gasteiger partial charge in [0.25, 0.3) is 0 Å². The van der Waals surface area contributed by atoms with Crippen LogP contribution >= 0.6 is 0 Å². The molecule has 0 fully saturated rings. The van der Waals surface area contributed by atoms with Gasteiger partial charge < -0.3 is 29.9 Å². The van der Waals surface area contributed by atoms with Gasteiger partial charge >= 0.3 is 6.09 Å². The molecule has 8 nitrogen and oxygen atoms in total. The van der Waals surface area contributed by atoms with Crippen molar-refractivity contribution in [1.82, 2.24) is 10.2 Å². The minimum absolute atomic E-state index is 0.0391. The Morgan fingerprint density at radius 2 is 1.69 bits per heavy atom. The molecular formula is C34H40N2O6. The normalized spacial score (nSPS) is 17.4. The van der Waals surface area contributed by atoms with E-state index in [9.17, 15) is 19.8 Å². The Kier molecular flexibility index (Phi) is 11.7. The quantitative estimate of drug-likeness (QED) is 0.249. The standard InChI is InChI=1S/C34H40N2O6/c1-41-21-22-42-34(40)35-29(23-26-13-6-3-7-14-26)30(37)18-19-32(39)36(20-10-15-25-11-4-2-5-12-25)33-28-17-9-8-16-27(28)24-31(33)38/h2-17,29-31,33,37-38H,18-24H2,1H3,(H,35,40)/t29-,30-,31+,33-/m0/s1. The summed E-state index contributed by atoms with van der Waals surface area (Å²) in [4.78, 5) is 27.9. The number of aliphatic hydroxyl groups is 2. The molecule has 42 heavy (non-hydrogen) atoms. The lowest BCUT2D eigenvalue weighted by Crippen LogP contribution is -2.46. The Morgan fingerprint density at radius 3 is 2.43 bits per heavy atom. The first-order valence-electron chi connectivity index (χ1n) is 14.4. The number of carbonyl (C=O) groups is 2. The fourth-order valence-electron chi connectivity index (χ4n) is 5.34. The van der Waals surface area contributed by atoms with Gasteiger partial charge in [0, 0.05) is 26.5 Å². The number of amides is 2. The molecule has 0 radical (unpaired) electrons. The summed E-state index contributed by atoms with van der Waals surface area (Å²) in [6, 6.07) is 26.0. The molecule has 0 aliphatic heterocycles. The van der Waals surface area contributed by atoms with Crippen molar-refractivity contribution in [3.8, 4) is 0 Å². The van der Waals surface area contributed by atoms with Crippen LogP contribution in [0.2, 0.25) is 0 Å². The predicted octanol–water partition coefficient (Wildman–Crippen LogP) is 4.31. The SMILES string of the molecule is COCCOC(=O)N[C@@H](Cc1ccccc1)[C@@H](O)CCC(=O)N(CC=Cc1ccccc1)[C@H]1c2ccccc2C[C@H]1O. The number of rotatable bonds is 14. The molecule has 2 amide bonds. The van der Waals surface area contributed by atoms with Gasteiger partial charge in [-0.3, -0.25) is 4.79 Å². The lowest BCUT2D eigenvalue weighted by atomic mass is 9.97. The molecule has 1 aliphatic rings. The highest BCUT2D eigenvalue weighted by molar-refractivity contribution is 5.77. The second-order valence-corrected chi connectivity index (χ2v) is 10.4. The maximum absolute atomic E-state index is 13.8. The van der Waals surface area contributed by atoms with Crippen LogP contribution in [0.15, 0.2) is 91.0 Å². The zero-order chi connectivity index (χ0) is 29.7. The molecule has 3 aromatic rings. The fraction of sp³-hybridized carbons (Fsp3) is 0.353. The molecule has 1 aliphatic carbocycles. The molecule has 0 aromatic heterocycles. The van der Waals surface area contributed by atoms with E-state index in [4.69, 9.17) is 9.47 Å². The average Bonchev–Trinajstić information content (AvgIpc) is 3.34. The summed E-state index contributed by atoms with van der Waals surface area (Å²) < 4.78 is 10.1. The van der Waals surface area contributed by atoms with E-state index in [0.29, 0.717) is 19.4 Å². The highest BCUT2D eigenvalue weighted by Gasteiger charge is 2.37. The van der Waals surface area contributed by atoms with E-state index in [1.807, 2.05) is 97.1 Å². The van der Waals surface area contributed by atoms with Gasteiger partial charge in [0.2, 0.25) is 5.91 Å². The minimum Gasteiger partial charge on any atom is -0.447 e. The number of nitrogens with one attached hydrogen (secondary N) is 1. The smallest absolute Gasteiger partial charge is 0.407 e. The van der Waals surface area contributed by atoms with E-state index in [1.165, 1.54) is 7.11 Å². The van der Waals surface area contributed by atoms with Crippen molar-refractivity contribution >= 4 is 18.1 Å². The Balaban J connectivity index is 1.47. The van der Waals surface area contributed by atoms with Crippen molar-refractivity contribution < 1.29 is 29.3 Å². The third kappa shape index (κ3) is 8.76. The van der Waals surface area contributed by atoms with Crippen molar-refractivity contribution in [3.63, 3.8) is 0 Å². The Labute approximate surface area is 247 Å². The lowest BCUT2D eigenvalue weighted by molar-refractivity contribution is -0.136. The van der Waals surface area contributed by atoms with E-state index in [2.05, 4.69) is 5.32 Å². The molecule has 8 heteroatoms. The van der Waals surface area contributed by atoms with Crippen molar-refractivity contribution in [2.24, 2.45) is 0 Å². The Bertz CT molecular complexity index is 1300. The molecule has 3 N–H and O–H groups in total. The number of fused-ring (bicyclic) bond motifs is 1. The molecule has 4 rings (SSSR count). The molecular weight excluding hydrogens is 532 g/mol. The summed E-state index contributed by atoms with van der Waals surface area (Å²) in [5.41, 5.74) is 3.91. The van der Waals surface area contributed by atoms with Gasteiger partial charge in [0.15, 0.2) is 0 Å². The van der Waals surface area contributed by atoms with Gasteiger partial charge in [-0.2, -0.15) is 0 Å². The number of carbonyl (C=O) groups excluding carboxylic acids is 2. The third-order valence-electron chi connectivity index (χ3n) is 7.48. The molecule has 0 saturated carbocycles. The molecule has 0 saturated heterocycles. The van der Waals surface area contributed by atoms with Crippen LogP contribution in [0.1, 0.15) is 41.1 Å². The molecule has 0 heterocycles. The first kappa shape index (κ1) is 31.0. The number of hydrogen-bond acceptors (Lipinski definition) is 6. The first-order chi connectivity index (χ1) is 20.5. The minimum atomic E-state index is -1.01. The number of hydrogen-bond donors (Lipinski definition) is 3. The summed E-state index contributed by atoms with van der Waals surface area (Å²) in [5, 5.41) is 25.0. The van der Waals surface area contributed by atoms with E-state index >= 15 is 0 Å². The summed E-state index contributed by atoms with van der Waals surface area (Å²) in [5.74, 6) is -0.186. The Morgan fingerprint density at radius 1 is 1.00 bits per heavy atom. The molecule has 4 atom stereocenters. The summed E-state index contributed by atoms with van der Waals surface area (Å²) in [6.07, 6.45) is 2.50. The number of methoxy groups -OCH3 is 1. The monoisotopic (exact) mass is 572 g/mol. The number of nitrogens with zero attached hydrogens (tertiary/aromatic N) is 1. The zero-order valence-electron chi connectivity index (χ0n) is 24.0. The van der Waals surface area contributed by atoms with E-state index in [0.717, 1.165) is 22.3 Å². The molecule has 222 valence electrons. The van der Waals surface area contributed by atoms with Crippen molar-refractivity contribution in [3.05, 3.63) is 113 Å². The zero-order valence-corrected chi connectivity index (χ0v) is 24.0. The van der Waals surface area contributed by atoms with Crippen LogP contribution in [0, 0.1) is 0 Å². The lowest BCUT2D eigenvalue weighted by Gasteiger charge is -2.32. The van der Waals surface area contributed by atoms with Crippen LogP contribution < -0.4 is 5.32 Å². The predicted molar refractivity (Wildman–Crippen MR) is 162 cm³/mol. The van der Waals surface area contributed by atoms with Gasteiger partial charge in [-0.05, 0) is 35.1 Å². The van der Waals surface area contributed by atoms with Crippen LogP contribution in [0.5, 0.6) is 0 Å².